The molecular weight excluding hydrogens is 321 g/mol. The van der Waals surface area contributed by atoms with Crippen molar-refractivity contribution in [2.24, 2.45) is 5.41 Å². The normalized spacial score (nSPS) is 16.2. The van der Waals surface area contributed by atoms with E-state index in [4.69, 9.17) is 23.2 Å². The van der Waals surface area contributed by atoms with Gasteiger partial charge in [0.15, 0.2) is 12.0 Å². The van der Waals surface area contributed by atoms with Gasteiger partial charge in [-0.3, -0.25) is 4.79 Å². The Labute approximate surface area is 138 Å². The minimum Gasteiger partial charge on any atom is -0.618 e. The molecule has 1 aromatic carbocycles. The van der Waals surface area contributed by atoms with Crippen LogP contribution < -0.4 is 4.73 Å². The summed E-state index contributed by atoms with van der Waals surface area (Å²) in [6.07, 6.45) is 3.24. The van der Waals surface area contributed by atoms with E-state index in [0.29, 0.717) is 32.4 Å². The molecule has 0 spiro atoms. The number of fused-ring (bicyclic) bond motifs is 1. The van der Waals surface area contributed by atoms with Gasteiger partial charge in [0.2, 0.25) is 5.69 Å². The molecule has 0 radical (unpaired) electrons. The summed E-state index contributed by atoms with van der Waals surface area (Å²) < 4.78 is 0.782. The molecule has 1 heterocycles. The number of benzene rings is 1. The first-order valence-electron chi connectivity index (χ1n) is 6.77. The van der Waals surface area contributed by atoms with Crippen LogP contribution in [-0.4, -0.2) is 5.78 Å². The van der Waals surface area contributed by atoms with E-state index < -0.39 is 5.41 Å². The van der Waals surface area contributed by atoms with Crippen LogP contribution in [-0.2, 0) is 0 Å². The highest BCUT2D eigenvalue weighted by atomic mass is 35.5. The van der Waals surface area contributed by atoms with Crippen molar-refractivity contribution in [1.29, 1.82) is 0 Å². The molecule has 22 heavy (non-hydrogen) atoms. The van der Waals surface area contributed by atoms with E-state index in [2.05, 4.69) is 0 Å². The lowest BCUT2D eigenvalue weighted by Gasteiger charge is -2.28. The third-order valence-electron chi connectivity index (χ3n) is 3.79. The van der Waals surface area contributed by atoms with Gasteiger partial charge in [-0.1, -0.05) is 29.3 Å². The number of pyridine rings is 1. The van der Waals surface area contributed by atoms with Crippen LogP contribution in [0.5, 0.6) is 0 Å². The average Bonchev–Trinajstić information content (AvgIpc) is 2.46. The number of nitrogens with zero attached hydrogens (tertiary/aromatic N) is 1. The Kier molecular flexibility index (Phi) is 3.50. The Morgan fingerprint density at radius 2 is 1.73 bits per heavy atom. The molecule has 5 heteroatoms. The summed E-state index contributed by atoms with van der Waals surface area (Å²) in [7, 11) is 0. The van der Waals surface area contributed by atoms with Crippen molar-refractivity contribution in [3.05, 3.63) is 74.7 Å². The van der Waals surface area contributed by atoms with Crippen LogP contribution in [0.1, 0.15) is 35.5 Å². The quantitative estimate of drug-likeness (QED) is 0.577. The van der Waals surface area contributed by atoms with Crippen LogP contribution in [0.3, 0.4) is 0 Å². The molecule has 0 saturated heterocycles. The SMILES string of the molecule is CC1(C)C=C(c2cccc[n+]2[O-])c2cc(Cl)c(Cl)cc2C1=O. The Morgan fingerprint density at radius 1 is 1.09 bits per heavy atom. The van der Waals surface area contributed by atoms with E-state index in [-0.39, 0.29) is 5.78 Å². The van der Waals surface area contributed by atoms with Crippen LogP contribution in [0, 0.1) is 10.6 Å². The van der Waals surface area contributed by atoms with Gasteiger partial charge in [0.25, 0.3) is 0 Å². The Morgan fingerprint density at radius 3 is 2.36 bits per heavy atom. The van der Waals surface area contributed by atoms with E-state index >= 15 is 0 Å². The molecule has 1 aliphatic carbocycles. The van der Waals surface area contributed by atoms with Crippen molar-refractivity contribution in [3.8, 4) is 0 Å². The van der Waals surface area contributed by atoms with Crippen molar-refractivity contribution in [2.75, 3.05) is 0 Å². The summed E-state index contributed by atoms with van der Waals surface area (Å²) in [4.78, 5) is 12.6. The van der Waals surface area contributed by atoms with Gasteiger partial charge in [-0.25, -0.2) is 0 Å². The molecule has 0 fully saturated rings. The average molecular weight is 334 g/mol. The zero-order chi connectivity index (χ0) is 16.1. The number of rotatable bonds is 1. The Balaban J connectivity index is 2.34. The molecule has 0 amide bonds. The van der Waals surface area contributed by atoms with Gasteiger partial charge < -0.3 is 5.21 Å². The maximum Gasteiger partial charge on any atom is 0.224 e. The number of aromatic nitrogens is 1. The molecule has 0 bridgehead atoms. The number of halogens is 2. The number of carbonyl (C=O) groups excluding carboxylic acids is 1. The zero-order valence-corrected chi connectivity index (χ0v) is 13.6. The molecule has 0 saturated carbocycles. The van der Waals surface area contributed by atoms with E-state index in [1.165, 1.54) is 6.20 Å². The first-order chi connectivity index (χ1) is 10.3. The van der Waals surface area contributed by atoms with Crippen molar-refractivity contribution in [3.63, 3.8) is 0 Å². The first-order valence-corrected chi connectivity index (χ1v) is 7.52. The van der Waals surface area contributed by atoms with Crippen molar-refractivity contribution in [2.45, 2.75) is 13.8 Å². The van der Waals surface area contributed by atoms with Gasteiger partial charge >= 0.3 is 0 Å². The molecule has 2 aromatic rings. The number of Topliss-reactive ketones (excluding diaryl/α,β-unsaturated/α-hetero) is 1. The molecular formula is C17H13Cl2NO2. The fourth-order valence-electron chi connectivity index (χ4n) is 2.66. The van der Waals surface area contributed by atoms with Gasteiger partial charge in [0.05, 0.1) is 15.6 Å². The topological polar surface area (TPSA) is 44.0 Å². The zero-order valence-electron chi connectivity index (χ0n) is 12.1. The number of carbonyl (C=O) groups is 1. The summed E-state index contributed by atoms with van der Waals surface area (Å²) >= 11 is 12.2. The summed E-state index contributed by atoms with van der Waals surface area (Å²) in [6, 6.07) is 8.38. The van der Waals surface area contributed by atoms with Gasteiger partial charge in [-0.05, 0) is 32.0 Å². The van der Waals surface area contributed by atoms with Gasteiger partial charge in [-0.15, -0.1) is 0 Å². The first kappa shape index (κ1) is 15.1. The highest BCUT2D eigenvalue weighted by Crippen LogP contribution is 2.41. The van der Waals surface area contributed by atoms with E-state index in [0.717, 1.165) is 4.73 Å². The molecule has 0 aliphatic heterocycles. The number of ketones is 1. The maximum absolute atomic E-state index is 12.6. The van der Waals surface area contributed by atoms with Crippen LogP contribution in [0.15, 0.2) is 42.6 Å². The van der Waals surface area contributed by atoms with Gasteiger partial charge in [-0.2, -0.15) is 4.73 Å². The fourth-order valence-corrected chi connectivity index (χ4v) is 2.98. The minimum atomic E-state index is -0.720. The molecule has 112 valence electrons. The van der Waals surface area contributed by atoms with Crippen LogP contribution in [0.2, 0.25) is 10.0 Å². The molecule has 3 nitrogen and oxygen atoms in total. The summed E-state index contributed by atoms with van der Waals surface area (Å²) in [6.45, 7) is 3.64. The number of allylic oxidation sites excluding steroid dienone is 1. The molecule has 0 atom stereocenters. The Hall–Kier alpha value is -1.84. The summed E-state index contributed by atoms with van der Waals surface area (Å²) in [5.41, 5.74) is 1.56. The van der Waals surface area contributed by atoms with Crippen molar-refractivity contribution >= 4 is 34.6 Å². The highest BCUT2D eigenvalue weighted by molar-refractivity contribution is 6.42. The number of hydrogen-bond donors (Lipinski definition) is 0. The monoisotopic (exact) mass is 333 g/mol. The highest BCUT2D eigenvalue weighted by Gasteiger charge is 2.36. The Bertz CT molecular complexity index is 825. The lowest BCUT2D eigenvalue weighted by molar-refractivity contribution is -0.607. The summed E-state index contributed by atoms with van der Waals surface area (Å²) in [5, 5.41) is 12.8. The van der Waals surface area contributed by atoms with Crippen LogP contribution in [0.4, 0.5) is 0 Å². The smallest absolute Gasteiger partial charge is 0.224 e. The van der Waals surface area contributed by atoms with Crippen LogP contribution in [0.25, 0.3) is 5.57 Å². The van der Waals surface area contributed by atoms with Crippen molar-refractivity contribution < 1.29 is 9.52 Å². The lowest BCUT2D eigenvalue weighted by atomic mass is 9.74. The van der Waals surface area contributed by atoms with E-state index in [9.17, 15) is 10.0 Å². The minimum absolute atomic E-state index is 0.0433. The van der Waals surface area contributed by atoms with Crippen molar-refractivity contribution in [1.82, 2.24) is 0 Å². The van der Waals surface area contributed by atoms with E-state index in [1.807, 2.05) is 19.9 Å². The predicted octanol–water partition coefficient (Wildman–Crippen LogP) is 4.28. The molecule has 0 unspecified atom stereocenters. The standard InChI is InChI=1S/C17H13Cl2NO2/c1-17(2)9-12(15-5-3-4-6-20(15)22)10-7-13(18)14(19)8-11(10)16(17)21/h3-9H,1-2H3. The molecule has 3 rings (SSSR count). The second-order valence-electron chi connectivity index (χ2n) is 5.83. The molecule has 1 aromatic heterocycles. The molecule has 1 aliphatic rings. The van der Waals surface area contributed by atoms with Crippen LogP contribution >= 0.6 is 23.2 Å². The summed E-state index contributed by atoms with van der Waals surface area (Å²) in [5.74, 6) is -0.0433. The largest absolute Gasteiger partial charge is 0.618 e. The predicted molar refractivity (Wildman–Crippen MR) is 87.1 cm³/mol. The number of hydrogen-bond acceptors (Lipinski definition) is 2. The second-order valence-corrected chi connectivity index (χ2v) is 6.65. The lowest BCUT2D eigenvalue weighted by Crippen LogP contribution is -2.34. The third kappa shape index (κ3) is 2.31. The van der Waals surface area contributed by atoms with E-state index in [1.54, 1.807) is 30.3 Å². The van der Waals surface area contributed by atoms with Gasteiger partial charge in [0, 0.05) is 28.7 Å². The fraction of sp³-hybridized carbons (Fsp3) is 0.176. The molecule has 0 N–H and O–H groups in total. The maximum atomic E-state index is 12.6. The third-order valence-corrected chi connectivity index (χ3v) is 4.51. The second kappa shape index (κ2) is 5.11. The van der Waals surface area contributed by atoms with Gasteiger partial charge in [0.1, 0.15) is 0 Å².